The zero-order valence-corrected chi connectivity index (χ0v) is 10.7. The van der Waals surface area contributed by atoms with E-state index in [1.54, 1.807) is 0 Å². The zero-order chi connectivity index (χ0) is 14.6. The van der Waals surface area contributed by atoms with Gasteiger partial charge in [-0.15, -0.1) is 0 Å². The molecule has 0 spiro atoms. The van der Waals surface area contributed by atoms with Crippen LogP contribution in [0.1, 0.15) is 15.9 Å². The number of nitrogens with one attached hydrogen (secondary N) is 1. The van der Waals surface area contributed by atoms with E-state index in [4.69, 9.17) is 9.47 Å². The van der Waals surface area contributed by atoms with E-state index in [0.29, 0.717) is 0 Å². The Bertz CT molecular complexity index is 472. The number of benzene rings is 1. The molecule has 19 heavy (non-hydrogen) atoms. The van der Waals surface area contributed by atoms with Gasteiger partial charge in [0.15, 0.2) is 17.3 Å². The van der Waals surface area contributed by atoms with Crippen LogP contribution >= 0.6 is 0 Å². The molecule has 0 unspecified atom stereocenters. The average molecular weight is 277 g/mol. The Morgan fingerprint density at radius 2 is 1.74 bits per heavy atom. The zero-order valence-electron chi connectivity index (χ0n) is 10.7. The number of carbonyl (C=O) groups is 1. The molecule has 0 atom stereocenters. The van der Waals surface area contributed by atoms with Crippen molar-refractivity contribution >= 4 is 5.78 Å². The second kappa shape index (κ2) is 5.92. The van der Waals surface area contributed by atoms with E-state index in [-0.39, 0.29) is 18.0 Å². The van der Waals surface area contributed by atoms with Crippen LogP contribution in [0.4, 0.5) is 13.2 Å². The van der Waals surface area contributed by atoms with Crippen molar-refractivity contribution < 1.29 is 27.4 Å². The van der Waals surface area contributed by atoms with Crippen molar-refractivity contribution in [2.45, 2.75) is 6.18 Å². The minimum atomic E-state index is -4.64. The fourth-order valence-corrected chi connectivity index (χ4v) is 1.60. The van der Waals surface area contributed by atoms with Gasteiger partial charge in [0.25, 0.3) is 0 Å². The first kappa shape index (κ1) is 15.3. The Morgan fingerprint density at radius 3 is 2.16 bits per heavy atom. The SMILES string of the molecule is CNCC(=O)c1cc(OC)c(OC)cc1C(F)(F)F. The van der Waals surface area contributed by atoms with Crippen LogP contribution in [-0.2, 0) is 6.18 Å². The Morgan fingerprint density at radius 1 is 1.21 bits per heavy atom. The lowest BCUT2D eigenvalue weighted by Gasteiger charge is -2.16. The molecular formula is C12H14F3NO3. The first-order valence-electron chi connectivity index (χ1n) is 5.36. The molecule has 0 bridgehead atoms. The third-order valence-corrected chi connectivity index (χ3v) is 2.47. The molecule has 7 heteroatoms. The largest absolute Gasteiger partial charge is 0.493 e. The van der Waals surface area contributed by atoms with Crippen LogP contribution in [0.15, 0.2) is 12.1 Å². The lowest BCUT2D eigenvalue weighted by atomic mass is 10.0. The summed E-state index contributed by atoms with van der Waals surface area (Å²) in [4.78, 5) is 11.7. The van der Waals surface area contributed by atoms with Gasteiger partial charge in [-0.3, -0.25) is 4.79 Å². The van der Waals surface area contributed by atoms with Crippen molar-refractivity contribution in [2.24, 2.45) is 0 Å². The summed E-state index contributed by atoms with van der Waals surface area (Å²) in [6.45, 7) is -0.196. The third kappa shape index (κ3) is 3.37. The van der Waals surface area contributed by atoms with Gasteiger partial charge in [0, 0.05) is 5.56 Å². The number of hydrogen-bond donors (Lipinski definition) is 1. The van der Waals surface area contributed by atoms with Crippen molar-refractivity contribution in [3.8, 4) is 11.5 Å². The molecule has 0 aliphatic carbocycles. The van der Waals surface area contributed by atoms with Gasteiger partial charge in [0.2, 0.25) is 0 Å². The van der Waals surface area contributed by atoms with Gasteiger partial charge in [0.05, 0.1) is 26.3 Å². The maximum Gasteiger partial charge on any atom is 0.417 e. The van der Waals surface area contributed by atoms with Crippen molar-refractivity contribution in [1.82, 2.24) is 5.32 Å². The minimum absolute atomic E-state index is 0.0733. The lowest BCUT2D eigenvalue weighted by molar-refractivity contribution is -0.138. The number of rotatable bonds is 5. The van der Waals surface area contributed by atoms with Crippen LogP contribution in [0, 0.1) is 0 Å². The number of ether oxygens (including phenoxy) is 2. The van der Waals surface area contributed by atoms with Crippen molar-refractivity contribution in [1.29, 1.82) is 0 Å². The van der Waals surface area contributed by atoms with Crippen molar-refractivity contribution in [2.75, 3.05) is 27.8 Å². The maximum absolute atomic E-state index is 12.9. The highest BCUT2D eigenvalue weighted by molar-refractivity contribution is 5.99. The van der Waals surface area contributed by atoms with Crippen LogP contribution in [0.25, 0.3) is 0 Å². The molecule has 0 radical (unpaired) electrons. The fraction of sp³-hybridized carbons (Fsp3) is 0.417. The van der Waals surface area contributed by atoms with Crippen molar-refractivity contribution in [3.05, 3.63) is 23.3 Å². The summed E-state index contributed by atoms with van der Waals surface area (Å²) in [6.07, 6.45) is -4.64. The molecule has 1 aromatic rings. The van der Waals surface area contributed by atoms with Crippen LogP contribution in [0.2, 0.25) is 0 Å². The van der Waals surface area contributed by atoms with Gasteiger partial charge in [-0.05, 0) is 19.2 Å². The number of carbonyl (C=O) groups excluding carboxylic acids is 1. The predicted octanol–water partition coefficient (Wildman–Crippen LogP) is 2.12. The number of likely N-dealkylation sites (N-methyl/N-ethyl adjacent to an activating group) is 1. The predicted molar refractivity (Wildman–Crippen MR) is 62.8 cm³/mol. The minimum Gasteiger partial charge on any atom is -0.493 e. The van der Waals surface area contributed by atoms with E-state index in [1.807, 2.05) is 0 Å². The number of halogens is 3. The second-order valence-electron chi connectivity index (χ2n) is 3.70. The summed E-state index contributed by atoms with van der Waals surface area (Å²) in [7, 11) is 4.00. The van der Waals surface area contributed by atoms with Crippen LogP contribution < -0.4 is 14.8 Å². The molecule has 0 fully saturated rings. The van der Waals surface area contributed by atoms with E-state index in [1.165, 1.54) is 21.3 Å². The third-order valence-electron chi connectivity index (χ3n) is 2.47. The quantitative estimate of drug-likeness (QED) is 0.838. The van der Waals surface area contributed by atoms with Crippen LogP contribution in [-0.4, -0.2) is 33.6 Å². The molecule has 0 aromatic heterocycles. The standard InChI is InChI=1S/C12H14F3NO3/c1-16-6-9(17)7-4-10(18-2)11(19-3)5-8(7)12(13,14)15/h4-5,16H,6H2,1-3H3. The molecule has 0 aliphatic heterocycles. The van der Waals surface area contributed by atoms with Crippen LogP contribution in [0.3, 0.4) is 0 Å². The molecule has 0 saturated heterocycles. The van der Waals surface area contributed by atoms with E-state index < -0.39 is 23.1 Å². The van der Waals surface area contributed by atoms with E-state index in [9.17, 15) is 18.0 Å². The molecule has 0 heterocycles. The summed E-state index contributed by atoms with van der Waals surface area (Å²) >= 11 is 0. The first-order chi connectivity index (χ1) is 8.85. The lowest BCUT2D eigenvalue weighted by Crippen LogP contribution is -2.22. The molecule has 1 aromatic carbocycles. The summed E-state index contributed by atoms with van der Waals surface area (Å²) in [5.74, 6) is -0.665. The normalized spacial score (nSPS) is 11.3. The van der Waals surface area contributed by atoms with Crippen molar-refractivity contribution in [3.63, 3.8) is 0 Å². The molecule has 0 amide bonds. The number of hydrogen-bond acceptors (Lipinski definition) is 4. The smallest absolute Gasteiger partial charge is 0.417 e. The molecular weight excluding hydrogens is 263 g/mol. The first-order valence-corrected chi connectivity index (χ1v) is 5.36. The van der Waals surface area contributed by atoms with Gasteiger partial charge in [-0.1, -0.05) is 0 Å². The van der Waals surface area contributed by atoms with Gasteiger partial charge >= 0.3 is 6.18 Å². The Kier molecular flexibility index (Phi) is 4.77. The molecule has 1 rings (SSSR count). The monoisotopic (exact) mass is 277 g/mol. The summed E-state index contributed by atoms with van der Waals surface area (Å²) in [6, 6.07) is 1.81. The highest BCUT2D eigenvalue weighted by Crippen LogP contribution is 2.39. The summed E-state index contributed by atoms with van der Waals surface area (Å²) in [5, 5.41) is 2.52. The molecule has 1 N–H and O–H groups in total. The van der Waals surface area contributed by atoms with Gasteiger partial charge in [0.1, 0.15) is 0 Å². The highest BCUT2D eigenvalue weighted by atomic mass is 19.4. The van der Waals surface area contributed by atoms with Gasteiger partial charge < -0.3 is 14.8 Å². The van der Waals surface area contributed by atoms with E-state index in [0.717, 1.165) is 12.1 Å². The molecule has 106 valence electrons. The van der Waals surface area contributed by atoms with Gasteiger partial charge in [-0.2, -0.15) is 13.2 Å². The Hall–Kier alpha value is -1.76. The fourth-order valence-electron chi connectivity index (χ4n) is 1.60. The Balaban J connectivity index is 3.45. The topological polar surface area (TPSA) is 47.6 Å². The molecule has 0 aliphatic rings. The number of methoxy groups -OCH3 is 2. The maximum atomic E-state index is 12.9. The van der Waals surface area contributed by atoms with Crippen LogP contribution in [0.5, 0.6) is 11.5 Å². The highest BCUT2D eigenvalue weighted by Gasteiger charge is 2.36. The van der Waals surface area contributed by atoms with Gasteiger partial charge in [-0.25, -0.2) is 0 Å². The summed E-state index contributed by atoms with van der Waals surface area (Å²) in [5.41, 5.74) is -1.48. The second-order valence-corrected chi connectivity index (χ2v) is 3.70. The molecule has 4 nitrogen and oxygen atoms in total. The van der Waals surface area contributed by atoms with E-state index in [2.05, 4.69) is 5.32 Å². The number of ketones is 1. The number of alkyl halides is 3. The summed E-state index contributed by atoms with van der Waals surface area (Å²) < 4.78 is 48.5. The molecule has 0 saturated carbocycles. The van der Waals surface area contributed by atoms with E-state index >= 15 is 0 Å². The Labute approximate surface area is 108 Å². The number of Topliss-reactive ketones (excluding diaryl/α,β-unsaturated/α-hetero) is 1. The average Bonchev–Trinajstić information content (AvgIpc) is 2.36.